The van der Waals surface area contributed by atoms with E-state index in [0.717, 1.165) is 18.8 Å². The number of nitrogens with two attached hydrogens (primary N) is 1. The summed E-state index contributed by atoms with van der Waals surface area (Å²) in [5.41, 5.74) is 5.79. The smallest absolute Gasteiger partial charge is 0.0474 e. The Balaban J connectivity index is 2.38. The molecule has 0 aromatic rings. The Hall–Kier alpha value is -0.0800. The third-order valence-corrected chi connectivity index (χ3v) is 2.54. The summed E-state index contributed by atoms with van der Waals surface area (Å²) in [6, 6.07) is 0.251. The molecule has 1 saturated carbocycles. The van der Waals surface area contributed by atoms with E-state index < -0.39 is 0 Å². The highest BCUT2D eigenvalue weighted by molar-refractivity contribution is 4.80. The van der Waals surface area contributed by atoms with Crippen molar-refractivity contribution < 1.29 is 5.11 Å². The predicted molar refractivity (Wildman–Crippen MR) is 41.6 cm³/mol. The van der Waals surface area contributed by atoms with E-state index in [2.05, 4.69) is 6.92 Å². The van der Waals surface area contributed by atoms with Gasteiger partial charge in [-0.1, -0.05) is 6.92 Å². The SMILES string of the molecule is CC1CCC(N)C(CO)C1. The molecule has 0 radical (unpaired) electrons. The average Bonchev–Trinajstić information content (AvgIpc) is 1.94. The first-order valence-corrected chi connectivity index (χ1v) is 4.10. The van der Waals surface area contributed by atoms with Crippen LogP contribution in [-0.4, -0.2) is 17.8 Å². The van der Waals surface area contributed by atoms with Crippen molar-refractivity contribution >= 4 is 0 Å². The molecular formula is C8H17NO. The lowest BCUT2D eigenvalue weighted by Gasteiger charge is -2.30. The van der Waals surface area contributed by atoms with Crippen LogP contribution in [0, 0.1) is 11.8 Å². The lowest BCUT2D eigenvalue weighted by atomic mass is 9.80. The first-order chi connectivity index (χ1) is 4.74. The Kier molecular flexibility index (Phi) is 2.69. The minimum atomic E-state index is 0.251. The van der Waals surface area contributed by atoms with Gasteiger partial charge in [-0.05, 0) is 31.1 Å². The molecule has 60 valence electrons. The molecule has 3 N–H and O–H groups in total. The first kappa shape index (κ1) is 8.02. The van der Waals surface area contributed by atoms with Crippen LogP contribution in [0.3, 0.4) is 0 Å². The van der Waals surface area contributed by atoms with Crippen molar-refractivity contribution in [3.63, 3.8) is 0 Å². The zero-order chi connectivity index (χ0) is 7.56. The van der Waals surface area contributed by atoms with Crippen molar-refractivity contribution in [2.45, 2.75) is 32.2 Å². The summed E-state index contributed by atoms with van der Waals surface area (Å²) < 4.78 is 0. The molecule has 0 amide bonds. The van der Waals surface area contributed by atoms with Crippen LogP contribution in [0.5, 0.6) is 0 Å². The summed E-state index contributed by atoms with van der Waals surface area (Å²) in [6.07, 6.45) is 3.43. The molecule has 0 heterocycles. The molecular weight excluding hydrogens is 126 g/mol. The standard InChI is InChI=1S/C8H17NO/c1-6-2-3-8(9)7(4-6)5-10/h6-8,10H,2-5,9H2,1H3. The zero-order valence-electron chi connectivity index (χ0n) is 6.59. The molecule has 0 aromatic carbocycles. The molecule has 0 bridgehead atoms. The van der Waals surface area contributed by atoms with Crippen LogP contribution in [0.15, 0.2) is 0 Å². The molecule has 0 aliphatic heterocycles. The predicted octanol–water partition coefficient (Wildman–Crippen LogP) is 0.742. The normalized spacial score (nSPS) is 41.7. The molecule has 2 nitrogen and oxygen atoms in total. The van der Waals surface area contributed by atoms with E-state index >= 15 is 0 Å². The molecule has 1 rings (SSSR count). The van der Waals surface area contributed by atoms with Crippen LogP contribution in [-0.2, 0) is 0 Å². The minimum Gasteiger partial charge on any atom is -0.396 e. The Morgan fingerprint density at radius 3 is 2.70 bits per heavy atom. The third kappa shape index (κ3) is 1.70. The molecule has 2 heteroatoms. The van der Waals surface area contributed by atoms with Gasteiger partial charge < -0.3 is 10.8 Å². The maximum atomic E-state index is 8.90. The highest BCUT2D eigenvalue weighted by Crippen LogP contribution is 2.27. The van der Waals surface area contributed by atoms with Crippen molar-refractivity contribution in [2.24, 2.45) is 17.6 Å². The largest absolute Gasteiger partial charge is 0.396 e. The van der Waals surface area contributed by atoms with Crippen molar-refractivity contribution in [1.29, 1.82) is 0 Å². The van der Waals surface area contributed by atoms with Gasteiger partial charge in [0.15, 0.2) is 0 Å². The van der Waals surface area contributed by atoms with Crippen molar-refractivity contribution in [1.82, 2.24) is 0 Å². The molecule has 3 atom stereocenters. The summed E-state index contributed by atoms with van der Waals surface area (Å²) in [6.45, 7) is 2.50. The van der Waals surface area contributed by atoms with Gasteiger partial charge >= 0.3 is 0 Å². The van der Waals surface area contributed by atoms with Crippen LogP contribution >= 0.6 is 0 Å². The summed E-state index contributed by atoms with van der Waals surface area (Å²) in [5.74, 6) is 1.13. The van der Waals surface area contributed by atoms with Gasteiger partial charge in [-0.3, -0.25) is 0 Å². The van der Waals surface area contributed by atoms with E-state index in [1.54, 1.807) is 0 Å². The third-order valence-electron chi connectivity index (χ3n) is 2.54. The molecule has 1 aliphatic carbocycles. The van der Waals surface area contributed by atoms with Crippen LogP contribution in [0.1, 0.15) is 26.2 Å². The van der Waals surface area contributed by atoms with Gasteiger partial charge in [0, 0.05) is 12.6 Å². The Morgan fingerprint density at radius 1 is 1.50 bits per heavy atom. The monoisotopic (exact) mass is 143 g/mol. The van der Waals surface area contributed by atoms with Crippen LogP contribution in [0.2, 0.25) is 0 Å². The molecule has 1 fully saturated rings. The van der Waals surface area contributed by atoms with E-state index in [1.165, 1.54) is 6.42 Å². The second-order valence-electron chi connectivity index (χ2n) is 3.52. The molecule has 0 aromatic heterocycles. The highest BCUT2D eigenvalue weighted by Gasteiger charge is 2.24. The van der Waals surface area contributed by atoms with Crippen molar-refractivity contribution in [2.75, 3.05) is 6.61 Å². The van der Waals surface area contributed by atoms with E-state index in [9.17, 15) is 0 Å². The quantitative estimate of drug-likeness (QED) is 0.568. The van der Waals surface area contributed by atoms with E-state index in [4.69, 9.17) is 10.8 Å². The molecule has 0 saturated heterocycles. The van der Waals surface area contributed by atoms with Crippen LogP contribution < -0.4 is 5.73 Å². The van der Waals surface area contributed by atoms with Gasteiger partial charge in [-0.25, -0.2) is 0 Å². The van der Waals surface area contributed by atoms with Gasteiger partial charge in [0.1, 0.15) is 0 Å². The van der Waals surface area contributed by atoms with E-state index in [-0.39, 0.29) is 12.6 Å². The molecule has 3 unspecified atom stereocenters. The number of aliphatic hydroxyl groups is 1. The van der Waals surface area contributed by atoms with Gasteiger partial charge in [0.05, 0.1) is 0 Å². The Bertz CT molecular complexity index is 105. The van der Waals surface area contributed by atoms with Crippen LogP contribution in [0.4, 0.5) is 0 Å². The van der Waals surface area contributed by atoms with Gasteiger partial charge in [-0.2, -0.15) is 0 Å². The fourth-order valence-electron chi connectivity index (χ4n) is 1.73. The second kappa shape index (κ2) is 3.35. The summed E-state index contributed by atoms with van der Waals surface area (Å²) in [7, 11) is 0. The topological polar surface area (TPSA) is 46.2 Å². The van der Waals surface area contributed by atoms with Gasteiger partial charge in [-0.15, -0.1) is 0 Å². The number of aliphatic hydroxyl groups excluding tert-OH is 1. The molecule has 10 heavy (non-hydrogen) atoms. The number of rotatable bonds is 1. The zero-order valence-corrected chi connectivity index (χ0v) is 6.59. The second-order valence-corrected chi connectivity index (χ2v) is 3.52. The average molecular weight is 143 g/mol. The summed E-state index contributed by atoms with van der Waals surface area (Å²) >= 11 is 0. The van der Waals surface area contributed by atoms with Crippen LogP contribution in [0.25, 0.3) is 0 Å². The molecule has 0 spiro atoms. The van der Waals surface area contributed by atoms with Crippen molar-refractivity contribution in [3.8, 4) is 0 Å². The fourth-order valence-corrected chi connectivity index (χ4v) is 1.73. The van der Waals surface area contributed by atoms with E-state index in [0.29, 0.717) is 5.92 Å². The maximum absolute atomic E-state index is 8.90. The van der Waals surface area contributed by atoms with Gasteiger partial charge in [0.2, 0.25) is 0 Å². The molecule has 1 aliphatic rings. The lowest BCUT2D eigenvalue weighted by molar-refractivity contribution is 0.147. The Morgan fingerprint density at radius 2 is 2.20 bits per heavy atom. The lowest BCUT2D eigenvalue weighted by Crippen LogP contribution is -2.37. The van der Waals surface area contributed by atoms with Gasteiger partial charge in [0.25, 0.3) is 0 Å². The van der Waals surface area contributed by atoms with Crippen molar-refractivity contribution in [3.05, 3.63) is 0 Å². The minimum absolute atomic E-state index is 0.251. The maximum Gasteiger partial charge on any atom is 0.0474 e. The first-order valence-electron chi connectivity index (χ1n) is 4.10. The fraction of sp³-hybridized carbons (Fsp3) is 1.00. The summed E-state index contributed by atoms with van der Waals surface area (Å²) in [4.78, 5) is 0. The number of hydrogen-bond acceptors (Lipinski definition) is 2. The summed E-state index contributed by atoms with van der Waals surface area (Å²) in [5, 5.41) is 8.90. The Labute approximate surface area is 62.4 Å². The number of hydrogen-bond donors (Lipinski definition) is 2. The van der Waals surface area contributed by atoms with E-state index in [1.807, 2.05) is 0 Å². The highest BCUT2D eigenvalue weighted by atomic mass is 16.3.